The molecule has 0 aliphatic carbocycles. The number of hydrogen-bond acceptors (Lipinski definition) is 4. The highest BCUT2D eigenvalue weighted by atomic mass is 16.2. The Morgan fingerprint density at radius 3 is 2.38 bits per heavy atom. The molecule has 5 nitrogen and oxygen atoms in total. The van der Waals surface area contributed by atoms with Gasteiger partial charge in [-0.1, -0.05) is 43.2 Å². The van der Waals surface area contributed by atoms with Crippen molar-refractivity contribution in [3.8, 4) is 11.4 Å². The van der Waals surface area contributed by atoms with Crippen LogP contribution in [0.1, 0.15) is 37.4 Å². The van der Waals surface area contributed by atoms with Gasteiger partial charge in [-0.05, 0) is 20.3 Å². The van der Waals surface area contributed by atoms with Crippen molar-refractivity contribution in [3.63, 3.8) is 0 Å². The van der Waals surface area contributed by atoms with Gasteiger partial charge in [-0.3, -0.25) is 4.79 Å². The number of benzene rings is 1. The van der Waals surface area contributed by atoms with E-state index >= 15 is 0 Å². The van der Waals surface area contributed by atoms with E-state index in [-0.39, 0.29) is 5.91 Å². The van der Waals surface area contributed by atoms with Gasteiger partial charge in [0.25, 0.3) is 0 Å². The van der Waals surface area contributed by atoms with Crippen LogP contribution in [-0.4, -0.2) is 47.0 Å². The molecule has 1 aliphatic heterocycles. The molecule has 1 fully saturated rings. The first-order valence-corrected chi connectivity index (χ1v) is 9.52. The van der Waals surface area contributed by atoms with E-state index in [0.717, 1.165) is 61.9 Å². The molecule has 1 aliphatic rings. The lowest BCUT2D eigenvalue weighted by Gasteiger charge is -2.35. The van der Waals surface area contributed by atoms with Gasteiger partial charge in [0.15, 0.2) is 5.82 Å². The molecule has 1 aromatic carbocycles. The third kappa shape index (κ3) is 4.40. The number of aryl methyl sites for hydroxylation is 2. The predicted octanol–water partition coefficient (Wildman–Crippen LogP) is 3.60. The normalized spacial score (nSPS) is 14.6. The molecule has 1 amide bonds. The van der Waals surface area contributed by atoms with Gasteiger partial charge < -0.3 is 9.80 Å². The van der Waals surface area contributed by atoms with E-state index in [0.29, 0.717) is 6.42 Å². The van der Waals surface area contributed by atoms with E-state index < -0.39 is 0 Å². The predicted molar refractivity (Wildman–Crippen MR) is 105 cm³/mol. The van der Waals surface area contributed by atoms with Crippen molar-refractivity contribution in [2.75, 3.05) is 31.1 Å². The smallest absolute Gasteiger partial charge is 0.222 e. The molecule has 0 N–H and O–H groups in total. The zero-order valence-corrected chi connectivity index (χ0v) is 16.0. The van der Waals surface area contributed by atoms with Crippen LogP contribution in [-0.2, 0) is 4.79 Å². The second-order valence-corrected chi connectivity index (χ2v) is 7.03. The van der Waals surface area contributed by atoms with Crippen LogP contribution in [0.2, 0.25) is 0 Å². The number of carbonyl (C=O) groups excluding carboxylic acids is 1. The fourth-order valence-corrected chi connectivity index (χ4v) is 3.22. The Bertz CT molecular complexity index is 749. The van der Waals surface area contributed by atoms with E-state index in [1.807, 2.05) is 17.9 Å². The number of rotatable bonds is 5. The molecule has 1 aromatic heterocycles. The Labute approximate surface area is 156 Å². The topological polar surface area (TPSA) is 49.3 Å². The van der Waals surface area contributed by atoms with E-state index in [4.69, 9.17) is 4.98 Å². The first-order valence-electron chi connectivity index (χ1n) is 9.52. The third-order valence-electron chi connectivity index (χ3n) is 4.85. The van der Waals surface area contributed by atoms with E-state index in [9.17, 15) is 4.79 Å². The minimum atomic E-state index is 0.283. The first kappa shape index (κ1) is 18.4. The summed E-state index contributed by atoms with van der Waals surface area (Å²) >= 11 is 0. The number of nitrogens with zero attached hydrogens (tertiary/aromatic N) is 4. The van der Waals surface area contributed by atoms with Gasteiger partial charge in [0, 0.05) is 49.9 Å². The maximum atomic E-state index is 12.2. The average molecular weight is 352 g/mol. The highest BCUT2D eigenvalue weighted by Crippen LogP contribution is 2.21. The molecule has 1 saturated heterocycles. The van der Waals surface area contributed by atoms with E-state index in [2.05, 4.69) is 48.0 Å². The summed E-state index contributed by atoms with van der Waals surface area (Å²) in [6, 6.07) is 10.3. The zero-order chi connectivity index (χ0) is 18.5. The minimum absolute atomic E-state index is 0.283. The monoisotopic (exact) mass is 352 g/mol. The summed E-state index contributed by atoms with van der Waals surface area (Å²) in [5, 5.41) is 0. The molecule has 0 spiro atoms. The van der Waals surface area contributed by atoms with Crippen molar-refractivity contribution in [3.05, 3.63) is 41.6 Å². The maximum absolute atomic E-state index is 12.2. The second kappa shape index (κ2) is 8.30. The fraction of sp³-hybridized carbons (Fsp3) is 0.476. The Morgan fingerprint density at radius 2 is 1.73 bits per heavy atom. The van der Waals surface area contributed by atoms with Crippen LogP contribution in [0.25, 0.3) is 11.4 Å². The van der Waals surface area contributed by atoms with Crippen molar-refractivity contribution < 1.29 is 4.79 Å². The van der Waals surface area contributed by atoms with Crippen LogP contribution in [0.5, 0.6) is 0 Å². The van der Waals surface area contributed by atoms with Crippen molar-refractivity contribution >= 4 is 11.7 Å². The molecule has 3 rings (SSSR count). The molecule has 5 heteroatoms. The number of unbranched alkanes of at least 4 members (excludes halogenated alkanes) is 1. The standard InChI is InChI=1S/C21H28N4O/c1-4-5-6-20(26)25-13-11-24(12-14-25)19-15-17(3)22-21(23-19)18-9-7-16(2)8-10-18/h7-10,15H,4-6,11-14H2,1-3H3. The van der Waals surface area contributed by atoms with Crippen LogP contribution in [0, 0.1) is 13.8 Å². The van der Waals surface area contributed by atoms with Crippen molar-refractivity contribution in [2.45, 2.75) is 40.0 Å². The lowest BCUT2D eigenvalue weighted by molar-refractivity contribution is -0.131. The van der Waals surface area contributed by atoms with Crippen molar-refractivity contribution in [1.82, 2.24) is 14.9 Å². The number of amides is 1. The summed E-state index contributed by atoms with van der Waals surface area (Å²) in [6.07, 6.45) is 2.71. The zero-order valence-electron chi connectivity index (χ0n) is 16.0. The Kier molecular flexibility index (Phi) is 5.86. The summed E-state index contributed by atoms with van der Waals surface area (Å²) in [5.74, 6) is 2.00. The Morgan fingerprint density at radius 1 is 1.04 bits per heavy atom. The van der Waals surface area contributed by atoms with Crippen LogP contribution in [0.15, 0.2) is 30.3 Å². The number of anilines is 1. The molecule has 2 aromatic rings. The van der Waals surface area contributed by atoms with E-state index in [1.54, 1.807) is 0 Å². The largest absolute Gasteiger partial charge is 0.353 e. The lowest BCUT2D eigenvalue weighted by atomic mass is 10.1. The second-order valence-electron chi connectivity index (χ2n) is 7.03. The van der Waals surface area contributed by atoms with Gasteiger partial charge >= 0.3 is 0 Å². The molecular formula is C21H28N4O. The Balaban J connectivity index is 1.70. The van der Waals surface area contributed by atoms with E-state index in [1.165, 1.54) is 5.56 Å². The summed E-state index contributed by atoms with van der Waals surface area (Å²) in [6.45, 7) is 9.38. The van der Waals surface area contributed by atoms with Crippen molar-refractivity contribution in [1.29, 1.82) is 0 Å². The maximum Gasteiger partial charge on any atom is 0.222 e. The number of hydrogen-bond donors (Lipinski definition) is 0. The van der Waals surface area contributed by atoms with Gasteiger partial charge in [0.05, 0.1) is 0 Å². The average Bonchev–Trinajstić information content (AvgIpc) is 2.66. The van der Waals surface area contributed by atoms with Crippen LogP contribution in [0.3, 0.4) is 0 Å². The highest BCUT2D eigenvalue weighted by molar-refractivity contribution is 5.76. The van der Waals surface area contributed by atoms with Gasteiger partial charge in [0.2, 0.25) is 5.91 Å². The fourth-order valence-electron chi connectivity index (χ4n) is 3.22. The number of piperazine rings is 1. The first-order chi connectivity index (χ1) is 12.6. The molecule has 0 atom stereocenters. The molecule has 0 radical (unpaired) electrons. The van der Waals surface area contributed by atoms with Crippen LogP contribution in [0.4, 0.5) is 5.82 Å². The highest BCUT2D eigenvalue weighted by Gasteiger charge is 2.22. The van der Waals surface area contributed by atoms with Gasteiger partial charge in [0.1, 0.15) is 5.82 Å². The molecule has 0 saturated carbocycles. The van der Waals surface area contributed by atoms with Gasteiger partial charge in [-0.25, -0.2) is 9.97 Å². The Hall–Kier alpha value is -2.43. The quantitative estimate of drug-likeness (QED) is 0.825. The summed E-state index contributed by atoms with van der Waals surface area (Å²) in [4.78, 5) is 25.8. The molecule has 0 bridgehead atoms. The summed E-state index contributed by atoms with van der Waals surface area (Å²) < 4.78 is 0. The van der Waals surface area contributed by atoms with Crippen molar-refractivity contribution in [2.24, 2.45) is 0 Å². The van der Waals surface area contributed by atoms with Gasteiger partial charge in [-0.2, -0.15) is 0 Å². The molecular weight excluding hydrogens is 324 g/mol. The molecule has 2 heterocycles. The van der Waals surface area contributed by atoms with Crippen LogP contribution < -0.4 is 4.90 Å². The molecule has 138 valence electrons. The summed E-state index contributed by atoms with van der Waals surface area (Å²) in [7, 11) is 0. The minimum Gasteiger partial charge on any atom is -0.353 e. The van der Waals surface area contributed by atoms with Crippen LogP contribution >= 0.6 is 0 Å². The molecule has 26 heavy (non-hydrogen) atoms. The lowest BCUT2D eigenvalue weighted by Crippen LogP contribution is -2.49. The number of aromatic nitrogens is 2. The molecule has 0 unspecified atom stereocenters. The number of carbonyl (C=O) groups is 1. The van der Waals surface area contributed by atoms with Gasteiger partial charge in [-0.15, -0.1) is 0 Å². The summed E-state index contributed by atoms with van der Waals surface area (Å²) in [5.41, 5.74) is 3.23. The SMILES string of the molecule is CCCCC(=O)N1CCN(c2cc(C)nc(-c3ccc(C)cc3)n2)CC1. The third-order valence-corrected chi connectivity index (χ3v) is 4.85.